The van der Waals surface area contributed by atoms with E-state index in [4.69, 9.17) is 14.3 Å². The number of carbonyl (C=O) groups excluding carboxylic acids is 1. The van der Waals surface area contributed by atoms with Crippen LogP contribution < -0.4 is 10.1 Å². The maximum absolute atomic E-state index is 12.2. The van der Waals surface area contributed by atoms with Crippen LogP contribution in [0.3, 0.4) is 0 Å². The van der Waals surface area contributed by atoms with Crippen LogP contribution in [0.5, 0.6) is 5.75 Å². The van der Waals surface area contributed by atoms with Gasteiger partial charge in [0.15, 0.2) is 5.76 Å². The molecule has 2 rings (SSSR count). The molecule has 0 aliphatic carbocycles. The first-order valence-corrected chi connectivity index (χ1v) is 7.33. The minimum absolute atomic E-state index is 0.00355. The van der Waals surface area contributed by atoms with Crippen molar-refractivity contribution in [3.8, 4) is 5.75 Å². The molecule has 0 spiro atoms. The molecule has 2 N–H and O–H groups in total. The summed E-state index contributed by atoms with van der Waals surface area (Å²) >= 11 is 0. The first-order chi connectivity index (χ1) is 11.1. The summed E-state index contributed by atoms with van der Waals surface area (Å²) in [4.78, 5) is 22.7. The first-order valence-electron chi connectivity index (χ1n) is 7.33. The Balaban J connectivity index is 1.91. The van der Waals surface area contributed by atoms with Gasteiger partial charge in [-0.1, -0.05) is 18.2 Å². The number of amides is 1. The van der Waals surface area contributed by atoms with Crippen molar-refractivity contribution in [2.75, 3.05) is 0 Å². The zero-order valence-corrected chi connectivity index (χ0v) is 12.8. The number of hydrogen-bond acceptors (Lipinski definition) is 4. The standard InChI is InChI=1S/C17H19NO5/c1-12(7-8-15(19)20)18-17(21)16-13(9-10-22-16)11-23-14-5-3-2-4-6-14/h2-6,9-10,12H,7-8,11H2,1H3,(H,18,21)(H,19,20). The van der Waals surface area contributed by atoms with E-state index in [1.807, 2.05) is 30.3 Å². The van der Waals surface area contributed by atoms with Crippen LogP contribution in [0.2, 0.25) is 0 Å². The van der Waals surface area contributed by atoms with E-state index >= 15 is 0 Å². The quantitative estimate of drug-likeness (QED) is 0.781. The Hall–Kier alpha value is -2.76. The number of carbonyl (C=O) groups is 2. The number of aliphatic carboxylic acids is 1. The van der Waals surface area contributed by atoms with E-state index in [2.05, 4.69) is 5.32 Å². The van der Waals surface area contributed by atoms with E-state index in [9.17, 15) is 9.59 Å². The van der Waals surface area contributed by atoms with Crippen molar-refractivity contribution in [3.05, 3.63) is 54.0 Å². The fourth-order valence-electron chi connectivity index (χ4n) is 2.03. The van der Waals surface area contributed by atoms with Crippen LogP contribution in [-0.4, -0.2) is 23.0 Å². The van der Waals surface area contributed by atoms with E-state index in [1.165, 1.54) is 6.26 Å². The third-order valence-corrected chi connectivity index (χ3v) is 3.26. The summed E-state index contributed by atoms with van der Waals surface area (Å²) < 4.78 is 10.8. The largest absolute Gasteiger partial charge is 0.489 e. The number of benzene rings is 1. The highest BCUT2D eigenvalue weighted by Crippen LogP contribution is 2.16. The number of hydrogen-bond donors (Lipinski definition) is 2. The molecular formula is C17H19NO5. The van der Waals surface area contributed by atoms with Crippen LogP contribution in [0.4, 0.5) is 0 Å². The fraction of sp³-hybridized carbons (Fsp3) is 0.294. The van der Waals surface area contributed by atoms with E-state index < -0.39 is 5.97 Å². The van der Waals surface area contributed by atoms with Crippen molar-refractivity contribution >= 4 is 11.9 Å². The van der Waals surface area contributed by atoms with E-state index in [-0.39, 0.29) is 30.7 Å². The zero-order valence-electron chi connectivity index (χ0n) is 12.8. The molecule has 0 saturated heterocycles. The molecule has 0 fully saturated rings. The molecular weight excluding hydrogens is 298 g/mol. The third-order valence-electron chi connectivity index (χ3n) is 3.26. The molecule has 2 aromatic rings. The van der Waals surface area contributed by atoms with E-state index in [1.54, 1.807) is 13.0 Å². The second kappa shape index (κ2) is 8.03. The number of furan rings is 1. The monoisotopic (exact) mass is 317 g/mol. The molecule has 0 aliphatic rings. The molecule has 1 unspecified atom stereocenters. The highest BCUT2D eigenvalue weighted by molar-refractivity contribution is 5.93. The number of para-hydroxylation sites is 1. The molecule has 1 aromatic heterocycles. The third kappa shape index (κ3) is 5.18. The summed E-state index contributed by atoms with van der Waals surface area (Å²) in [5.41, 5.74) is 0.636. The van der Waals surface area contributed by atoms with Gasteiger partial charge in [-0.15, -0.1) is 0 Å². The molecule has 6 heteroatoms. The van der Waals surface area contributed by atoms with Gasteiger partial charge < -0.3 is 19.6 Å². The summed E-state index contributed by atoms with van der Waals surface area (Å²) in [6.45, 7) is 1.97. The van der Waals surface area contributed by atoms with Crippen molar-refractivity contribution in [1.82, 2.24) is 5.32 Å². The van der Waals surface area contributed by atoms with Gasteiger partial charge in [-0.25, -0.2) is 0 Å². The van der Waals surface area contributed by atoms with E-state index in [0.717, 1.165) is 0 Å². The molecule has 0 bridgehead atoms. The minimum Gasteiger partial charge on any atom is -0.489 e. The van der Waals surface area contributed by atoms with E-state index in [0.29, 0.717) is 17.7 Å². The van der Waals surface area contributed by atoms with Crippen molar-refractivity contribution in [1.29, 1.82) is 0 Å². The lowest BCUT2D eigenvalue weighted by Crippen LogP contribution is -2.33. The van der Waals surface area contributed by atoms with Gasteiger partial charge in [0, 0.05) is 18.0 Å². The summed E-state index contributed by atoms with van der Waals surface area (Å²) in [5.74, 6) is -0.376. The fourth-order valence-corrected chi connectivity index (χ4v) is 2.03. The average Bonchev–Trinajstić information content (AvgIpc) is 3.00. The number of ether oxygens (including phenoxy) is 1. The molecule has 1 amide bonds. The van der Waals surface area contributed by atoms with Gasteiger partial charge in [0.05, 0.1) is 6.26 Å². The smallest absolute Gasteiger partial charge is 0.303 e. The molecule has 122 valence electrons. The molecule has 1 aromatic carbocycles. The second-order valence-electron chi connectivity index (χ2n) is 5.18. The van der Waals surface area contributed by atoms with Crippen LogP contribution >= 0.6 is 0 Å². The average molecular weight is 317 g/mol. The molecule has 1 atom stereocenters. The lowest BCUT2D eigenvalue weighted by Gasteiger charge is -2.12. The SMILES string of the molecule is CC(CCC(=O)O)NC(=O)c1occc1COc1ccccc1. The second-order valence-corrected chi connectivity index (χ2v) is 5.18. The Labute approximate surface area is 134 Å². The highest BCUT2D eigenvalue weighted by atomic mass is 16.5. The number of carboxylic acid groups (broad SMARTS) is 1. The normalized spacial score (nSPS) is 11.7. The summed E-state index contributed by atoms with van der Waals surface area (Å²) in [5, 5.41) is 11.4. The predicted molar refractivity (Wildman–Crippen MR) is 83.3 cm³/mol. The molecule has 0 radical (unpaired) electrons. The number of rotatable bonds is 8. The van der Waals surface area contributed by atoms with Gasteiger partial charge in [0.25, 0.3) is 5.91 Å². The number of nitrogens with one attached hydrogen (secondary N) is 1. The number of carboxylic acids is 1. The topological polar surface area (TPSA) is 88.8 Å². The van der Waals surface area contributed by atoms with Gasteiger partial charge in [-0.05, 0) is 31.5 Å². The van der Waals surface area contributed by atoms with Crippen molar-refractivity contribution in [3.63, 3.8) is 0 Å². The maximum Gasteiger partial charge on any atom is 0.303 e. The van der Waals surface area contributed by atoms with Crippen LogP contribution in [0.1, 0.15) is 35.9 Å². The van der Waals surface area contributed by atoms with Crippen LogP contribution in [-0.2, 0) is 11.4 Å². The van der Waals surface area contributed by atoms with Gasteiger partial charge >= 0.3 is 5.97 Å². The van der Waals surface area contributed by atoms with Crippen molar-refractivity contribution < 1.29 is 23.8 Å². The lowest BCUT2D eigenvalue weighted by atomic mass is 10.1. The molecule has 0 saturated carbocycles. The summed E-state index contributed by atoms with van der Waals surface area (Å²) in [7, 11) is 0. The minimum atomic E-state index is -0.888. The Bertz CT molecular complexity index is 650. The van der Waals surface area contributed by atoms with Gasteiger partial charge in [-0.2, -0.15) is 0 Å². The Morgan fingerprint density at radius 3 is 2.70 bits per heavy atom. The van der Waals surface area contributed by atoms with Crippen molar-refractivity contribution in [2.45, 2.75) is 32.4 Å². The molecule has 6 nitrogen and oxygen atoms in total. The Kier molecular flexibility index (Phi) is 5.80. The van der Waals surface area contributed by atoms with Crippen LogP contribution in [0.15, 0.2) is 47.1 Å². The van der Waals surface area contributed by atoms with Gasteiger partial charge in [0.2, 0.25) is 0 Å². The van der Waals surface area contributed by atoms with Crippen LogP contribution in [0.25, 0.3) is 0 Å². The molecule has 23 heavy (non-hydrogen) atoms. The molecule has 1 heterocycles. The highest BCUT2D eigenvalue weighted by Gasteiger charge is 2.18. The van der Waals surface area contributed by atoms with Gasteiger partial charge in [0.1, 0.15) is 12.4 Å². The Morgan fingerprint density at radius 2 is 2.00 bits per heavy atom. The Morgan fingerprint density at radius 1 is 1.26 bits per heavy atom. The summed E-state index contributed by atoms with van der Waals surface area (Å²) in [6, 6.07) is 10.7. The van der Waals surface area contributed by atoms with Crippen molar-refractivity contribution in [2.24, 2.45) is 0 Å². The first kappa shape index (κ1) is 16.6. The van der Waals surface area contributed by atoms with Gasteiger partial charge in [-0.3, -0.25) is 9.59 Å². The van der Waals surface area contributed by atoms with Crippen LogP contribution in [0, 0.1) is 0 Å². The lowest BCUT2D eigenvalue weighted by molar-refractivity contribution is -0.137. The maximum atomic E-state index is 12.2. The zero-order chi connectivity index (χ0) is 16.7. The molecule has 0 aliphatic heterocycles. The predicted octanol–water partition coefficient (Wildman–Crippen LogP) is 2.84. The summed E-state index contributed by atoms with van der Waals surface area (Å²) in [6.07, 6.45) is 1.79.